The molecule has 96 valence electrons. The van der Waals surface area contributed by atoms with Crippen LogP contribution in [0, 0.1) is 5.92 Å². The minimum Gasteiger partial charge on any atom is -0.391 e. The molecule has 1 aliphatic rings. The number of ether oxygens (including phenoxy) is 1. The maximum absolute atomic E-state index is 6.23. The maximum atomic E-state index is 6.23. The van der Waals surface area contributed by atoms with E-state index in [0.29, 0.717) is 5.92 Å². The lowest BCUT2D eigenvalue weighted by molar-refractivity contribution is -0.0834. The molecule has 1 heterocycles. The molecule has 16 heavy (non-hydrogen) atoms. The van der Waals surface area contributed by atoms with Gasteiger partial charge in [-0.25, -0.2) is 0 Å². The van der Waals surface area contributed by atoms with Crippen molar-refractivity contribution in [1.29, 1.82) is 0 Å². The summed E-state index contributed by atoms with van der Waals surface area (Å²) in [5.74, 6) is 0.577. The topological polar surface area (TPSA) is 30.5 Å². The smallest absolute Gasteiger partial charge is 0.195 e. The van der Waals surface area contributed by atoms with Crippen molar-refractivity contribution in [1.82, 2.24) is 5.32 Å². The molecule has 3 nitrogen and oxygen atoms in total. The molecule has 1 saturated heterocycles. The Morgan fingerprint density at radius 2 is 1.88 bits per heavy atom. The number of nitrogens with one attached hydrogen (secondary N) is 1. The summed E-state index contributed by atoms with van der Waals surface area (Å²) in [6, 6.07) is 0. The highest BCUT2D eigenvalue weighted by Crippen LogP contribution is 2.37. The van der Waals surface area contributed by atoms with Gasteiger partial charge >= 0.3 is 0 Å². The van der Waals surface area contributed by atoms with E-state index < -0.39 is 8.32 Å². The molecule has 4 heteroatoms. The molecule has 0 spiro atoms. The third-order valence-electron chi connectivity index (χ3n) is 3.60. The van der Waals surface area contributed by atoms with Gasteiger partial charge in [0.05, 0.1) is 6.61 Å². The third kappa shape index (κ3) is 3.84. The zero-order valence-electron chi connectivity index (χ0n) is 11.6. The molecular formula is C12H27NO2Si. The van der Waals surface area contributed by atoms with Gasteiger partial charge in [0, 0.05) is 13.1 Å². The van der Waals surface area contributed by atoms with Crippen molar-refractivity contribution in [3.63, 3.8) is 0 Å². The standard InChI is InChI=1S/C12H27NO2Si/c1-10-7-13-8-11(14-9-10)15-16(5,6)12(2,3)4/h10-11,13H,7-9H2,1-6H3. The second-order valence-electron chi connectivity index (χ2n) is 6.40. The molecule has 0 bridgehead atoms. The van der Waals surface area contributed by atoms with Crippen LogP contribution in [0.1, 0.15) is 27.7 Å². The van der Waals surface area contributed by atoms with E-state index in [0.717, 1.165) is 19.7 Å². The van der Waals surface area contributed by atoms with E-state index >= 15 is 0 Å². The summed E-state index contributed by atoms with van der Waals surface area (Å²) < 4.78 is 12.0. The molecule has 0 aromatic heterocycles. The first kappa shape index (κ1) is 14.2. The van der Waals surface area contributed by atoms with E-state index in [1.165, 1.54) is 0 Å². The van der Waals surface area contributed by atoms with E-state index in [9.17, 15) is 0 Å². The second-order valence-corrected chi connectivity index (χ2v) is 11.2. The van der Waals surface area contributed by atoms with Crippen LogP contribution in [0.2, 0.25) is 18.1 Å². The van der Waals surface area contributed by atoms with Crippen LogP contribution in [0.5, 0.6) is 0 Å². The molecule has 0 radical (unpaired) electrons. The van der Waals surface area contributed by atoms with Crippen LogP contribution in [0.3, 0.4) is 0 Å². The molecule has 0 amide bonds. The Hall–Kier alpha value is 0.0969. The van der Waals surface area contributed by atoms with Gasteiger partial charge in [-0.1, -0.05) is 27.7 Å². The van der Waals surface area contributed by atoms with Gasteiger partial charge in [0.1, 0.15) is 0 Å². The summed E-state index contributed by atoms with van der Waals surface area (Å²) in [5, 5.41) is 3.64. The zero-order chi connectivity index (χ0) is 12.4. The van der Waals surface area contributed by atoms with Gasteiger partial charge in [-0.15, -0.1) is 0 Å². The summed E-state index contributed by atoms with van der Waals surface area (Å²) in [7, 11) is -1.70. The molecule has 1 rings (SSSR count). The van der Waals surface area contributed by atoms with Gasteiger partial charge in [0.15, 0.2) is 14.6 Å². The number of hydrogen-bond acceptors (Lipinski definition) is 3. The maximum Gasteiger partial charge on any atom is 0.195 e. The Labute approximate surface area is 101 Å². The first-order valence-electron chi connectivity index (χ1n) is 6.22. The van der Waals surface area contributed by atoms with Crippen molar-refractivity contribution in [3.8, 4) is 0 Å². The van der Waals surface area contributed by atoms with Gasteiger partial charge in [-0.3, -0.25) is 0 Å². The Morgan fingerprint density at radius 1 is 1.25 bits per heavy atom. The highest BCUT2D eigenvalue weighted by Gasteiger charge is 2.39. The average Bonchev–Trinajstić information content (AvgIpc) is 2.28. The summed E-state index contributed by atoms with van der Waals surface area (Å²) in [5.41, 5.74) is 0. The number of hydrogen-bond donors (Lipinski definition) is 1. The van der Waals surface area contributed by atoms with E-state index in [2.05, 4.69) is 46.1 Å². The summed E-state index contributed by atoms with van der Waals surface area (Å²) in [6.07, 6.45) is -0.0640. The molecule has 1 N–H and O–H groups in total. The minimum atomic E-state index is -1.70. The van der Waals surface area contributed by atoms with E-state index in [-0.39, 0.29) is 11.3 Å². The zero-order valence-corrected chi connectivity index (χ0v) is 12.6. The summed E-state index contributed by atoms with van der Waals surface area (Å²) >= 11 is 0. The van der Waals surface area contributed by atoms with Gasteiger partial charge in [-0.05, 0) is 24.1 Å². The van der Waals surface area contributed by atoms with Crippen LogP contribution in [0.4, 0.5) is 0 Å². The van der Waals surface area contributed by atoms with E-state index in [1.807, 2.05) is 0 Å². The van der Waals surface area contributed by atoms with Crippen molar-refractivity contribution in [2.45, 2.75) is 52.1 Å². The summed E-state index contributed by atoms with van der Waals surface area (Å²) in [4.78, 5) is 0. The van der Waals surface area contributed by atoms with Crippen molar-refractivity contribution in [2.75, 3.05) is 19.7 Å². The van der Waals surface area contributed by atoms with Gasteiger partial charge in [0.2, 0.25) is 0 Å². The van der Waals surface area contributed by atoms with Crippen LogP contribution in [0.25, 0.3) is 0 Å². The SMILES string of the molecule is CC1CNCC(O[Si](C)(C)C(C)(C)C)OC1. The van der Waals surface area contributed by atoms with Crippen LogP contribution < -0.4 is 5.32 Å². The average molecular weight is 245 g/mol. The third-order valence-corrected chi connectivity index (χ3v) is 8.07. The lowest BCUT2D eigenvalue weighted by Gasteiger charge is -2.38. The van der Waals surface area contributed by atoms with E-state index in [1.54, 1.807) is 0 Å². The Morgan fingerprint density at radius 3 is 2.44 bits per heavy atom. The van der Waals surface area contributed by atoms with Crippen molar-refractivity contribution in [2.24, 2.45) is 5.92 Å². The fraction of sp³-hybridized carbons (Fsp3) is 1.00. The lowest BCUT2D eigenvalue weighted by Crippen LogP contribution is -2.46. The van der Waals surface area contributed by atoms with Crippen molar-refractivity contribution >= 4 is 8.32 Å². The van der Waals surface area contributed by atoms with Crippen molar-refractivity contribution < 1.29 is 9.16 Å². The van der Waals surface area contributed by atoms with Crippen LogP contribution in [-0.4, -0.2) is 34.3 Å². The molecule has 0 saturated carbocycles. The van der Waals surface area contributed by atoms with E-state index in [4.69, 9.17) is 9.16 Å². The monoisotopic (exact) mass is 245 g/mol. The second kappa shape index (κ2) is 5.17. The molecule has 0 aromatic carbocycles. The van der Waals surface area contributed by atoms with Gasteiger partial charge in [0.25, 0.3) is 0 Å². The molecule has 0 aliphatic carbocycles. The first-order valence-corrected chi connectivity index (χ1v) is 9.13. The largest absolute Gasteiger partial charge is 0.391 e. The Kier molecular flexibility index (Phi) is 4.57. The van der Waals surface area contributed by atoms with Gasteiger partial charge in [-0.2, -0.15) is 0 Å². The molecule has 1 aliphatic heterocycles. The molecule has 1 fully saturated rings. The fourth-order valence-electron chi connectivity index (χ4n) is 1.42. The van der Waals surface area contributed by atoms with Crippen LogP contribution in [0.15, 0.2) is 0 Å². The predicted molar refractivity (Wildman–Crippen MR) is 70.1 cm³/mol. The molecular weight excluding hydrogens is 218 g/mol. The quantitative estimate of drug-likeness (QED) is 0.759. The normalized spacial score (nSPS) is 28.9. The van der Waals surface area contributed by atoms with Crippen LogP contribution >= 0.6 is 0 Å². The highest BCUT2D eigenvalue weighted by molar-refractivity contribution is 6.74. The molecule has 0 aromatic rings. The predicted octanol–water partition coefficient (Wildman–Crippen LogP) is 2.59. The lowest BCUT2D eigenvalue weighted by atomic mass is 10.2. The Balaban J connectivity index is 2.53. The van der Waals surface area contributed by atoms with Crippen molar-refractivity contribution in [3.05, 3.63) is 0 Å². The highest BCUT2D eigenvalue weighted by atomic mass is 28.4. The van der Waals surface area contributed by atoms with Gasteiger partial charge < -0.3 is 14.5 Å². The molecule has 2 atom stereocenters. The first-order chi connectivity index (χ1) is 7.22. The Bertz CT molecular complexity index is 226. The number of rotatable bonds is 2. The fourth-order valence-corrected chi connectivity index (χ4v) is 2.58. The minimum absolute atomic E-state index is 0.0640. The summed E-state index contributed by atoms with van der Waals surface area (Å²) in [6.45, 7) is 16.1. The van der Waals surface area contributed by atoms with Crippen LogP contribution in [-0.2, 0) is 9.16 Å². The molecule has 2 unspecified atom stereocenters.